The molecule has 112 valence electrons. The second-order valence-electron chi connectivity index (χ2n) is 4.82. The first-order chi connectivity index (χ1) is 9.99. The van der Waals surface area contributed by atoms with Crippen molar-refractivity contribution in [2.75, 3.05) is 6.54 Å². The summed E-state index contributed by atoms with van der Waals surface area (Å²) in [6, 6.07) is 7.79. The summed E-state index contributed by atoms with van der Waals surface area (Å²) in [5.74, 6) is -3.22. The predicted molar refractivity (Wildman–Crippen MR) is 70.5 cm³/mol. The molecule has 1 aliphatic rings. The van der Waals surface area contributed by atoms with Gasteiger partial charge in [0.15, 0.2) is 0 Å². The number of ether oxygens (including phenoxy) is 1. The molecule has 2 rings (SSSR count). The number of benzene rings is 1. The average molecular weight is 293 g/mol. The van der Waals surface area contributed by atoms with E-state index in [-0.39, 0.29) is 19.6 Å². The Kier molecular flexibility index (Phi) is 4.42. The molecule has 7 nitrogen and oxygen atoms in total. The van der Waals surface area contributed by atoms with Crippen LogP contribution < -0.4 is 0 Å². The van der Waals surface area contributed by atoms with Crippen LogP contribution in [0.1, 0.15) is 12.0 Å². The number of aliphatic carboxylic acids is 2. The van der Waals surface area contributed by atoms with Gasteiger partial charge >= 0.3 is 18.0 Å². The third kappa shape index (κ3) is 3.50. The van der Waals surface area contributed by atoms with E-state index in [0.29, 0.717) is 0 Å². The summed E-state index contributed by atoms with van der Waals surface area (Å²) >= 11 is 0. The van der Waals surface area contributed by atoms with Crippen LogP contribution in [0.5, 0.6) is 0 Å². The van der Waals surface area contributed by atoms with Gasteiger partial charge in [0.1, 0.15) is 12.6 Å². The number of likely N-dealkylation sites (tertiary alicyclic amines) is 1. The molecular weight excluding hydrogens is 278 g/mol. The van der Waals surface area contributed by atoms with Crippen molar-refractivity contribution in [1.29, 1.82) is 0 Å². The van der Waals surface area contributed by atoms with Gasteiger partial charge in [-0.15, -0.1) is 0 Å². The Bertz CT molecular complexity index is 544. The molecule has 0 aliphatic carbocycles. The van der Waals surface area contributed by atoms with Crippen LogP contribution in [-0.4, -0.2) is 45.7 Å². The molecule has 21 heavy (non-hydrogen) atoms. The standard InChI is InChI=1S/C14H15NO6/c16-12(17)10-6-11(13(18)19)15(7-10)14(20)21-8-9-4-2-1-3-5-9/h1-5,10-11H,6-8H2,(H,16,17)(H,18,19). The molecule has 7 heteroatoms. The van der Waals surface area contributed by atoms with Gasteiger partial charge in [-0.1, -0.05) is 30.3 Å². The zero-order valence-electron chi connectivity index (χ0n) is 11.1. The van der Waals surface area contributed by atoms with Crippen LogP contribution in [0.15, 0.2) is 30.3 Å². The summed E-state index contributed by atoms with van der Waals surface area (Å²) in [7, 11) is 0. The van der Waals surface area contributed by atoms with Crippen LogP contribution in [0.3, 0.4) is 0 Å². The van der Waals surface area contributed by atoms with Crippen LogP contribution >= 0.6 is 0 Å². The molecule has 1 aromatic carbocycles. The van der Waals surface area contributed by atoms with Gasteiger partial charge in [-0.3, -0.25) is 9.69 Å². The van der Waals surface area contributed by atoms with Crippen molar-refractivity contribution in [1.82, 2.24) is 4.90 Å². The number of hydrogen-bond acceptors (Lipinski definition) is 4. The number of carboxylic acid groups (broad SMARTS) is 2. The number of carboxylic acids is 2. The Morgan fingerprint density at radius 3 is 2.38 bits per heavy atom. The second-order valence-corrected chi connectivity index (χ2v) is 4.82. The molecule has 1 heterocycles. The number of carbonyl (C=O) groups excluding carboxylic acids is 1. The zero-order valence-corrected chi connectivity index (χ0v) is 11.1. The lowest BCUT2D eigenvalue weighted by Gasteiger charge is -2.20. The fourth-order valence-electron chi connectivity index (χ4n) is 2.25. The number of carbonyl (C=O) groups is 3. The van der Waals surface area contributed by atoms with Crippen LogP contribution in [0.4, 0.5) is 4.79 Å². The highest BCUT2D eigenvalue weighted by Gasteiger charge is 2.43. The molecule has 0 spiro atoms. The highest BCUT2D eigenvalue weighted by atomic mass is 16.6. The molecule has 2 atom stereocenters. The quantitative estimate of drug-likeness (QED) is 0.864. The van der Waals surface area contributed by atoms with Crippen molar-refractivity contribution < 1.29 is 29.3 Å². The summed E-state index contributed by atoms with van der Waals surface area (Å²) < 4.78 is 5.05. The van der Waals surface area contributed by atoms with E-state index in [1.807, 2.05) is 6.07 Å². The molecule has 1 aromatic rings. The maximum Gasteiger partial charge on any atom is 0.410 e. The highest BCUT2D eigenvalue weighted by molar-refractivity contribution is 5.83. The maximum absolute atomic E-state index is 11.9. The van der Waals surface area contributed by atoms with Gasteiger partial charge in [-0.05, 0) is 12.0 Å². The minimum atomic E-state index is -1.23. The molecule has 0 saturated carbocycles. The third-order valence-electron chi connectivity index (χ3n) is 3.38. The van der Waals surface area contributed by atoms with Gasteiger partial charge in [0.2, 0.25) is 0 Å². The van der Waals surface area contributed by atoms with Gasteiger partial charge in [0.25, 0.3) is 0 Å². The summed E-state index contributed by atoms with van der Waals surface area (Å²) in [6.45, 7) is -0.139. The molecule has 1 aliphatic heterocycles. The number of amides is 1. The predicted octanol–water partition coefficient (Wildman–Crippen LogP) is 1.18. The van der Waals surface area contributed by atoms with Gasteiger partial charge < -0.3 is 14.9 Å². The first-order valence-electron chi connectivity index (χ1n) is 6.42. The van der Waals surface area contributed by atoms with E-state index in [2.05, 4.69) is 0 Å². The van der Waals surface area contributed by atoms with Crippen LogP contribution in [0.2, 0.25) is 0 Å². The van der Waals surface area contributed by atoms with Crippen molar-refractivity contribution >= 4 is 18.0 Å². The van der Waals surface area contributed by atoms with Crippen molar-refractivity contribution in [3.63, 3.8) is 0 Å². The van der Waals surface area contributed by atoms with Crippen LogP contribution in [0.25, 0.3) is 0 Å². The topological polar surface area (TPSA) is 104 Å². The van der Waals surface area contributed by atoms with Gasteiger partial charge in [0.05, 0.1) is 5.92 Å². The van der Waals surface area contributed by atoms with E-state index in [0.717, 1.165) is 10.5 Å². The molecule has 1 amide bonds. The average Bonchev–Trinajstić information content (AvgIpc) is 2.91. The summed E-state index contributed by atoms with van der Waals surface area (Å²) in [4.78, 5) is 35.0. The molecule has 0 radical (unpaired) electrons. The summed E-state index contributed by atoms with van der Waals surface area (Å²) in [5, 5.41) is 18.0. The normalized spacial score (nSPS) is 21.0. The van der Waals surface area contributed by atoms with Crippen LogP contribution in [0, 0.1) is 5.92 Å². The zero-order chi connectivity index (χ0) is 15.4. The monoisotopic (exact) mass is 293 g/mol. The SMILES string of the molecule is O=C(O)C1CC(C(=O)O)N(C(=O)OCc2ccccc2)C1. The lowest BCUT2D eigenvalue weighted by molar-refractivity contribution is -0.141. The Labute approximate surface area is 120 Å². The van der Waals surface area contributed by atoms with Crippen LogP contribution in [-0.2, 0) is 20.9 Å². The minimum absolute atomic E-state index is 0.0141. The Balaban J connectivity index is 1.99. The van der Waals surface area contributed by atoms with E-state index in [4.69, 9.17) is 14.9 Å². The molecular formula is C14H15NO6. The minimum Gasteiger partial charge on any atom is -0.481 e. The molecule has 1 saturated heterocycles. The molecule has 1 fully saturated rings. The molecule has 0 bridgehead atoms. The summed E-state index contributed by atoms with van der Waals surface area (Å²) in [6.07, 6.45) is -0.916. The van der Waals surface area contributed by atoms with E-state index < -0.39 is 30.0 Å². The lowest BCUT2D eigenvalue weighted by atomic mass is 10.1. The fraction of sp³-hybridized carbons (Fsp3) is 0.357. The lowest BCUT2D eigenvalue weighted by Crippen LogP contribution is -2.40. The highest BCUT2D eigenvalue weighted by Crippen LogP contribution is 2.24. The van der Waals surface area contributed by atoms with Crippen molar-refractivity contribution in [3.8, 4) is 0 Å². The first kappa shape index (κ1) is 14.8. The van der Waals surface area contributed by atoms with E-state index in [1.165, 1.54) is 0 Å². The Hall–Kier alpha value is -2.57. The molecule has 2 unspecified atom stereocenters. The third-order valence-corrected chi connectivity index (χ3v) is 3.38. The van der Waals surface area contributed by atoms with Crippen molar-refractivity contribution in [2.24, 2.45) is 5.92 Å². The second kappa shape index (κ2) is 6.25. The van der Waals surface area contributed by atoms with E-state index in [1.54, 1.807) is 24.3 Å². The number of hydrogen-bond donors (Lipinski definition) is 2. The molecule has 2 N–H and O–H groups in total. The van der Waals surface area contributed by atoms with Gasteiger partial charge in [-0.25, -0.2) is 9.59 Å². The largest absolute Gasteiger partial charge is 0.481 e. The number of rotatable bonds is 4. The summed E-state index contributed by atoms with van der Waals surface area (Å²) in [5.41, 5.74) is 0.770. The van der Waals surface area contributed by atoms with Crippen molar-refractivity contribution in [2.45, 2.75) is 19.1 Å². The number of nitrogens with zero attached hydrogens (tertiary/aromatic N) is 1. The van der Waals surface area contributed by atoms with Crippen molar-refractivity contribution in [3.05, 3.63) is 35.9 Å². The Morgan fingerprint density at radius 2 is 1.81 bits per heavy atom. The van der Waals surface area contributed by atoms with E-state index >= 15 is 0 Å². The molecule has 0 aromatic heterocycles. The smallest absolute Gasteiger partial charge is 0.410 e. The fourth-order valence-corrected chi connectivity index (χ4v) is 2.25. The van der Waals surface area contributed by atoms with Gasteiger partial charge in [-0.2, -0.15) is 0 Å². The van der Waals surface area contributed by atoms with E-state index in [9.17, 15) is 14.4 Å². The maximum atomic E-state index is 11.9. The first-order valence-corrected chi connectivity index (χ1v) is 6.42. The Morgan fingerprint density at radius 1 is 1.14 bits per heavy atom. The van der Waals surface area contributed by atoms with Gasteiger partial charge in [0, 0.05) is 6.54 Å².